The highest BCUT2D eigenvalue weighted by Gasteiger charge is 2.33. The average molecular weight is 371 g/mol. The van der Waals surface area contributed by atoms with E-state index in [-0.39, 0.29) is 30.6 Å². The Morgan fingerprint density at radius 2 is 2.11 bits per heavy atom. The van der Waals surface area contributed by atoms with Crippen LogP contribution in [0.1, 0.15) is 18.5 Å². The molecule has 2 aromatic rings. The van der Waals surface area contributed by atoms with Crippen LogP contribution in [0.25, 0.3) is 5.69 Å². The molecule has 7 nitrogen and oxygen atoms in total. The number of amides is 2. The fourth-order valence-electron chi connectivity index (χ4n) is 3.32. The molecule has 1 saturated carbocycles. The SMILES string of the molecule is Cc1cc(NC(=O)CN2CC(=O)N(CC3CC3)C2)n(-c2ccccc2F)n1. The second kappa shape index (κ2) is 7.11. The van der Waals surface area contributed by atoms with Crippen molar-refractivity contribution in [1.29, 1.82) is 0 Å². The zero-order valence-corrected chi connectivity index (χ0v) is 15.2. The Hall–Kier alpha value is -2.74. The summed E-state index contributed by atoms with van der Waals surface area (Å²) in [6.45, 7) is 3.41. The minimum Gasteiger partial charge on any atom is -0.328 e. The number of nitrogens with zero attached hydrogens (tertiary/aromatic N) is 4. The van der Waals surface area contributed by atoms with Gasteiger partial charge in [-0.05, 0) is 37.8 Å². The van der Waals surface area contributed by atoms with E-state index in [1.807, 2.05) is 9.80 Å². The molecule has 2 amide bonds. The quantitative estimate of drug-likeness (QED) is 0.840. The molecular formula is C19H22FN5O2. The zero-order chi connectivity index (χ0) is 19.0. The fraction of sp³-hybridized carbons (Fsp3) is 0.421. The number of aryl methyl sites for hydroxylation is 1. The normalized spacial score (nSPS) is 17.6. The van der Waals surface area contributed by atoms with Crippen molar-refractivity contribution in [2.45, 2.75) is 19.8 Å². The first-order chi connectivity index (χ1) is 13.0. The number of para-hydroxylation sites is 1. The van der Waals surface area contributed by atoms with Crippen molar-refractivity contribution in [2.75, 3.05) is 31.6 Å². The number of carbonyl (C=O) groups is 2. The van der Waals surface area contributed by atoms with Crippen molar-refractivity contribution in [3.8, 4) is 5.69 Å². The van der Waals surface area contributed by atoms with Gasteiger partial charge >= 0.3 is 0 Å². The third kappa shape index (κ3) is 4.00. The predicted octanol–water partition coefficient (Wildman–Crippen LogP) is 1.77. The number of nitrogens with one attached hydrogen (secondary N) is 1. The van der Waals surface area contributed by atoms with Crippen molar-refractivity contribution < 1.29 is 14.0 Å². The van der Waals surface area contributed by atoms with Crippen molar-refractivity contribution in [3.63, 3.8) is 0 Å². The second-order valence-corrected chi connectivity index (χ2v) is 7.27. The maximum atomic E-state index is 14.1. The molecule has 0 bridgehead atoms. The van der Waals surface area contributed by atoms with Gasteiger partial charge in [0, 0.05) is 12.6 Å². The smallest absolute Gasteiger partial charge is 0.239 e. The van der Waals surface area contributed by atoms with Crippen molar-refractivity contribution in [1.82, 2.24) is 19.6 Å². The molecule has 142 valence electrons. The zero-order valence-electron chi connectivity index (χ0n) is 15.2. The number of rotatable bonds is 6. The summed E-state index contributed by atoms with van der Waals surface area (Å²) in [7, 11) is 0. The van der Waals surface area contributed by atoms with Crippen LogP contribution < -0.4 is 5.32 Å². The van der Waals surface area contributed by atoms with Gasteiger partial charge in [0.25, 0.3) is 0 Å². The fourth-order valence-corrected chi connectivity index (χ4v) is 3.32. The topological polar surface area (TPSA) is 70.5 Å². The molecule has 1 saturated heterocycles. The number of carbonyl (C=O) groups excluding carboxylic acids is 2. The monoisotopic (exact) mass is 371 g/mol. The van der Waals surface area contributed by atoms with Crippen LogP contribution in [0.3, 0.4) is 0 Å². The lowest BCUT2D eigenvalue weighted by Crippen LogP contribution is -2.34. The Morgan fingerprint density at radius 1 is 1.33 bits per heavy atom. The third-order valence-corrected chi connectivity index (χ3v) is 4.80. The Kier molecular flexibility index (Phi) is 4.65. The molecule has 8 heteroatoms. The van der Waals surface area contributed by atoms with E-state index in [0.717, 1.165) is 6.54 Å². The van der Waals surface area contributed by atoms with Gasteiger partial charge in [-0.1, -0.05) is 12.1 Å². The maximum Gasteiger partial charge on any atom is 0.239 e. The number of anilines is 1. The van der Waals surface area contributed by atoms with E-state index in [1.165, 1.54) is 23.6 Å². The molecule has 4 rings (SSSR count). The number of halogens is 1. The molecule has 1 N–H and O–H groups in total. The van der Waals surface area contributed by atoms with Gasteiger partial charge in [-0.2, -0.15) is 5.10 Å². The molecule has 0 atom stereocenters. The predicted molar refractivity (Wildman–Crippen MR) is 97.8 cm³/mol. The van der Waals surface area contributed by atoms with Crippen LogP contribution in [0.4, 0.5) is 10.2 Å². The first kappa shape index (κ1) is 17.7. The molecule has 1 aliphatic carbocycles. The van der Waals surface area contributed by atoms with Crippen LogP contribution in [0.15, 0.2) is 30.3 Å². The molecule has 1 aliphatic heterocycles. The lowest BCUT2D eigenvalue weighted by atomic mass is 10.3. The van der Waals surface area contributed by atoms with E-state index in [2.05, 4.69) is 10.4 Å². The second-order valence-electron chi connectivity index (χ2n) is 7.27. The van der Waals surface area contributed by atoms with Crippen molar-refractivity contribution in [2.24, 2.45) is 5.92 Å². The average Bonchev–Trinajstić information content (AvgIpc) is 3.27. The van der Waals surface area contributed by atoms with E-state index in [0.29, 0.717) is 24.1 Å². The summed E-state index contributed by atoms with van der Waals surface area (Å²) < 4.78 is 15.5. The highest BCUT2D eigenvalue weighted by Crippen LogP contribution is 2.30. The molecule has 0 unspecified atom stereocenters. The molecule has 2 aliphatic rings. The molecule has 2 heterocycles. The standard InChI is InChI=1S/C19H22FN5O2/c1-13-8-17(25(22-13)16-5-3-2-4-15(16)20)21-18(26)10-23-11-19(27)24(12-23)9-14-6-7-14/h2-5,8,14H,6-7,9-12H2,1H3,(H,21,26). The van der Waals surface area contributed by atoms with Gasteiger partial charge in [0.2, 0.25) is 11.8 Å². The van der Waals surface area contributed by atoms with Gasteiger partial charge < -0.3 is 10.2 Å². The summed E-state index contributed by atoms with van der Waals surface area (Å²) in [5.74, 6) is 0.427. The maximum absolute atomic E-state index is 14.1. The van der Waals surface area contributed by atoms with Crippen LogP contribution in [-0.4, -0.2) is 57.7 Å². The Labute approximate surface area is 156 Å². The van der Waals surface area contributed by atoms with Gasteiger partial charge in [-0.3, -0.25) is 14.5 Å². The Balaban J connectivity index is 1.42. The van der Waals surface area contributed by atoms with Crippen LogP contribution in [-0.2, 0) is 9.59 Å². The summed E-state index contributed by atoms with van der Waals surface area (Å²) in [4.78, 5) is 28.2. The van der Waals surface area contributed by atoms with E-state index in [1.54, 1.807) is 31.2 Å². The van der Waals surface area contributed by atoms with Gasteiger partial charge in [0.05, 0.1) is 25.5 Å². The number of benzene rings is 1. The Morgan fingerprint density at radius 3 is 2.85 bits per heavy atom. The van der Waals surface area contributed by atoms with Gasteiger partial charge in [-0.15, -0.1) is 0 Å². The first-order valence-corrected chi connectivity index (χ1v) is 9.11. The third-order valence-electron chi connectivity index (χ3n) is 4.80. The van der Waals surface area contributed by atoms with Crippen molar-refractivity contribution in [3.05, 3.63) is 41.8 Å². The van der Waals surface area contributed by atoms with Crippen LogP contribution >= 0.6 is 0 Å². The molecule has 27 heavy (non-hydrogen) atoms. The van der Waals surface area contributed by atoms with E-state index < -0.39 is 5.82 Å². The number of hydrogen-bond acceptors (Lipinski definition) is 4. The summed E-state index contributed by atoms with van der Waals surface area (Å²) in [6.07, 6.45) is 2.37. The van der Waals surface area contributed by atoms with E-state index >= 15 is 0 Å². The molecule has 0 spiro atoms. The lowest BCUT2D eigenvalue weighted by Gasteiger charge is -2.17. The largest absolute Gasteiger partial charge is 0.328 e. The van der Waals surface area contributed by atoms with Gasteiger partial charge in [0.1, 0.15) is 17.3 Å². The van der Waals surface area contributed by atoms with Crippen LogP contribution in [0, 0.1) is 18.7 Å². The molecule has 1 aromatic heterocycles. The number of hydrogen-bond donors (Lipinski definition) is 1. The molecule has 1 aromatic carbocycles. The minimum absolute atomic E-state index is 0.0712. The highest BCUT2D eigenvalue weighted by molar-refractivity contribution is 5.92. The summed E-state index contributed by atoms with van der Waals surface area (Å²) in [5.41, 5.74) is 0.938. The summed E-state index contributed by atoms with van der Waals surface area (Å²) in [5, 5.41) is 7.07. The summed E-state index contributed by atoms with van der Waals surface area (Å²) in [6, 6.07) is 7.96. The van der Waals surface area contributed by atoms with Crippen LogP contribution in [0.5, 0.6) is 0 Å². The Bertz CT molecular complexity index is 877. The van der Waals surface area contributed by atoms with Gasteiger partial charge in [0.15, 0.2) is 0 Å². The first-order valence-electron chi connectivity index (χ1n) is 9.11. The minimum atomic E-state index is -0.419. The van der Waals surface area contributed by atoms with Gasteiger partial charge in [-0.25, -0.2) is 9.07 Å². The summed E-state index contributed by atoms with van der Waals surface area (Å²) >= 11 is 0. The molecule has 0 radical (unpaired) electrons. The van der Waals surface area contributed by atoms with E-state index in [9.17, 15) is 14.0 Å². The van der Waals surface area contributed by atoms with Crippen LogP contribution in [0.2, 0.25) is 0 Å². The highest BCUT2D eigenvalue weighted by atomic mass is 19.1. The lowest BCUT2D eigenvalue weighted by molar-refractivity contribution is -0.126. The van der Waals surface area contributed by atoms with E-state index in [4.69, 9.17) is 0 Å². The van der Waals surface area contributed by atoms with Crippen molar-refractivity contribution >= 4 is 17.6 Å². The molecular weight excluding hydrogens is 349 g/mol. The molecule has 2 fully saturated rings. The number of aromatic nitrogens is 2.